The Morgan fingerprint density at radius 3 is 1.06 bits per heavy atom. The molecule has 0 aliphatic carbocycles. The Labute approximate surface area is 188 Å². The van der Waals surface area contributed by atoms with Crippen LogP contribution in [0.1, 0.15) is 90.9 Å². The summed E-state index contributed by atoms with van der Waals surface area (Å²) in [6.07, 6.45) is 12.8. The lowest BCUT2D eigenvalue weighted by Gasteiger charge is -2.01. The summed E-state index contributed by atoms with van der Waals surface area (Å²) in [6.45, 7) is 5.10. The minimum absolute atomic E-state index is 0.252. The Kier molecular flexibility index (Phi) is 8.60. The van der Waals surface area contributed by atoms with Crippen molar-refractivity contribution in [2.24, 2.45) is 0 Å². The topological polar surface area (TPSA) is 78.1 Å². The second-order valence-electron chi connectivity index (χ2n) is 9.00. The van der Waals surface area contributed by atoms with Crippen LogP contribution in [0, 0.1) is 0 Å². The van der Waals surface area contributed by atoms with Gasteiger partial charge in [0.05, 0.1) is 21.5 Å². The number of hydrogen-bond donors (Lipinski definition) is 0. The third kappa shape index (κ3) is 5.11. The van der Waals surface area contributed by atoms with Crippen LogP contribution in [0.25, 0.3) is 21.5 Å². The first-order valence-electron chi connectivity index (χ1n) is 12.4. The van der Waals surface area contributed by atoms with Gasteiger partial charge in [-0.15, -0.1) is 0 Å². The van der Waals surface area contributed by atoms with Crippen molar-refractivity contribution in [3.05, 3.63) is 53.5 Å². The van der Waals surface area contributed by atoms with Gasteiger partial charge in [0.25, 0.3) is 22.2 Å². The Bertz CT molecular complexity index is 1070. The molecule has 0 aliphatic rings. The lowest BCUT2D eigenvalue weighted by molar-refractivity contribution is 0.547. The molecular weight excluding hydrogens is 404 g/mol. The molecule has 0 N–H and O–H groups in total. The van der Waals surface area contributed by atoms with Crippen LogP contribution in [0.5, 0.6) is 0 Å². The highest BCUT2D eigenvalue weighted by Gasteiger charge is 2.19. The van der Waals surface area contributed by atoms with Gasteiger partial charge >= 0.3 is 0 Å². The molecule has 0 amide bonds. The third-order valence-electron chi connectivity index (χ3n) is 6.53. The number of aromatic nitrogens is 2. The predicted molar refractivity (Wildman–Crippen MR) is 132 cm³/mol. The summed E-state index contributed by atoms with van der Waals surface area (Å²) in [7, 11) is 0. The van der Waals surface area contributed by atoms with Crippen molar-refractivity contribution in [3.63, 3.8) is 0 Å². The van der Waals surface area contributed by atoms with Gasteiger partial charge in [-0.2, -0.15) is 0 Å². The first-order valence-corrected chi connectivity index (χ1v) is 12.4. The van der Waals surface area contributed by atoms with E-state index in [9.17, 15) is 19.2 Å². The molecule has 1 aromatic carbocycles. The van der Waals surface area contributed by atoms with E-state index >= 15 is 0 Å². The molecule has 0 saturated heterocycles. The maximum Gasteiger partial charge on any atom is 0.261 e. The van der Waals surface area contributed by atoms with Gasteiger partial charge < -0.3 is 0 Å². The molecule has 0 spiro atoms. The lowest BCUT2D eigenvalue weighted by atomic mass is 10.1. The molecule has 0 unspecified atom stereocenters. The van der Waals surface area contributed by atoms with Crippen molar-refractivity contribution in [2.45, 2.75) is 104 Å². The summed E-state index contributed by atoms with van der Waals surface area (Å²) >= 11 is 0. The molecule has 0 radical (unpaired) electrons. The van der Waals surface area contributed by atoms with Gasteiger partial charge in [-0.3, -0.25) is 28.3 Å². The van der Waals surface area contributed by atoms with Gasteiger partial charge in [0.1, 0.15) is 0 Å². The number of nitrogens with zero attached hydrogens (tertiary/aromatic N) is 2. The second kappa shape index (κ2) is 11.4. The van der Waals surface area contributed by atoms with Crippen molar-refractivity contribution >= 4 is 21.5 Å². The fourth-order valence-electron chi connectivity index (χ4n) is 4.58. The molecule has 32 heavy (non-hydrogen) atoms. The summed E-state index contributed by atoms with van der Waals surface area (Å²) in [5.41, 5.74) is -1.40. The normalized spacial score (nSPS) is 11.8. The number of unbranched alkanes of at least 4 members (excludes halogenated alkanes) is 10. The van der Waals surface area contributed by atoms with Crippen molar-refractivity contribution in [1.29, 1.82) is 0 Å². The first kappa shape index (κ1) is 24.1. The van der Waals surface area contributed by atoms with Gasteiger partial charge in [0, 0.05) is 13.1 Å². The number of benzene rings is 1. The third-order valence-corrected chi connectivity index (χ3v) is 6.53. The fraction of sp³-hybridized carbons (Fsp3) is 0.615. The van der Waals surface area contributed by atoms with Gasteiger partial charge in [-0.05, 0) is 25.0 Å². The summed E-state index contributed by atoms with van der Waals surface area (Å²) in [5, 5.41) is 1.01. The van der Waals surface area contributed by atoms with Crippen LogP contribution in [0.15, 0.2) is 31.3 Å². The van der Waals surface area contributed by atoms with E-state index in [0.717, 1.165) is 38.5 Å². The smallest absolute Gasteiger partial charge is 0.261 e. The van der Waals surface area contributed by atoms with Crippen LogP contribution < -0.4 is 22.2 Å². The van der Waals surface area contributed by atoms with E-state index in [1.165, 1.54) is 59.8 Å². The molecule has 6 nitrogen and oxygen atoms in total. The minimum atomic E-state index is -0.351. The van der Waals surface area contributed by atoms with Crippen molar-refractivity contribution in [3.8, 4) is 0 Å². The van der Waals surface area contributed by atoms with Crippen molar-refractivity contribution in [2.75, 3.05) is 0 Å². The van der Waals surface area contributed by atoms with E-state index in [2.05, 4.69) is 13.8 Å². The van der Waals surface area contributed by atoms with Crippen LogP contribution in [0.4, 0.5) is 0 Å². The van der Waals surface area contributed by atoms with Gasteiger partial charge in [-0.25, -0.2) is 0 Å². The zero-order valence-corrected chi connectivity index (χ0v) is 19.6. The first-order chi connectivity index (χ1) is 15.5. The van der Waals surface area contributed by atoms with E-state index in [1.807, 2.05) is 0 Å². The maximum absolute atomic E-state index is 12.8. The van der Waals surface area contributed by atoms with Gasteiger partial charge in [0.2, 0.25) is 0 Å². The number of rotatable bonds is 14. The molecule has 6 heteroatoms. The monoisotopic (exact) mass is 440 g/mol. The molecule has 0 bridgehead atoms. The van der Waals surface area contributed by atoms with Crippen molar-refractivity contribution in [1.82, 2.24) is 9.13 Å². The predicted octanol–water partition coefficient (Wildman–Crippen LogP) is 4.63. The summed E-state index contributed by atoms with van der Waals surface area (Å²) in [5.74, 6) is 0. The maximum atomic E-state index is 12.8. The van der Waals surface area contributed by atoms with Crippen molar-refractivity contribution < 1.29 is 0 Å². The molecule has 3 aromatic rings. The fourth-order valence-corrected chi connectivity index (χ4v) is 4.58. The van der Waals surface area contributed by atoms with Crippen LogP contribution in [0.2, 0.25) is 0 Å². The largest absolute Gasteiger partial charge is 0.274 e. The SMILES string of the molecule is CCCCCCCCn1c(=O)c2cc3c(=O)n(CCCCCCCC)c(=O)c3cc2c1=O. The van der Waals surface area contributed by atoms with Gasteiger partial charge in [-0.1, -0.05) is 78.1 Å². The highest BCUT2D eigenvalue weighted by molar-refractivity contribution is 5.97. The Morgan fingerprint density at radius 2 is 0.750 bits per heavy atom. The Balaban J connectivity index is 1.80. The number of hydrogen-bond acceptors (Lipinski definition) is 4. The molecular formula is C26H36N2O4. The summed E-state index contributed by atoms with van der Waals surface area (Å²) in [4.78, 5) is 51.3. The average molecular weight is 441 g/mol. The Morgan fingerprint density at radius 1 is 0.469 bits per heavy atom. The number of fused-ring (bicyclic) bond motifs is 2. The quantitative estimate of drug-likeness (QED) is 0.342. The highest BCUT2D eigenvalue weighted by Crippen LogP contribution is 2.15. The van der Waals surface area contributed by atoms with Crippen LogP contribution in [-0.2, 0) is 13.1 Å². The average Bonchev–Trinajstić information content (AvgIpc) is 3.16. The molecule has 2 aromatic heterocycles. The van der Waals surface area contributed by atoms with E-state index in [-0.39, 0.29) is 43.8 Å². The standard InChI is InChI=1S/C26H36N2O4/c1-3-5-7-9-11-13-15-27-23(29)19-17-21-22(18-20(19)24(27)30)26(32)28(25(21)31)16-14-12-10-8-6-4-2/h17-18H,3-16H2,1-2H3. The lowest BCUT2D eigenvalue weighted by Crippen LogP contribution is -2.26. The van der Waals surface area contributed by atoms with E-state index in [1.54, 1.807) is 0 Å². The summed E-state index contributed by atoms with van der Waals surface area (Å²) in [6, 6.07) is 2.93. The van der Waals surface area contributed by atoms with Crippen LogP contribution in [-0.4, -0.2) is 9.13 Å². The zero-order valence-electron chi connectivity index (χ0n) is 19.6. The molecule has 0 fully saturated rings. The minimum Gasteiger partial charge on any atom is -0.274 e. The second-order valence-corrected chi connectivity index (χ2v) is 9.00. The molecule has 0 saturated carbocycles. The van der Waals surface area contributed by atoms with E-state index in [0.29, 0.717) is 13.1 Å². The molecule has 0 aliphatic heterocycles. The molecule has 2 heterocycles. The van der Waals surface area contributed by atoms with Gasteiger partial charge in [0.15, 0.2) is 0 Å². The molecule has 3 rings (SSSR count). The van der Waals surface area contributed by atoms with E-state index in [4.69, 9.17) is 0 Å². The molecule has 0 atom stereocenters. The van der Waals surface area contributed by atoms with E-state index < -0.39 is 0 Å². The molecule has 174 valence electrons. The summed E-state index contributed by atoms with van der Waals surface area (Å²) < 4.78 is 2.53. The van der Waals surface area contributed by atoms with Crippen LogP contribution >= 0.6 is 0 Å². The zero-order chi connectivity index (χ0) is 23.1. The Hall–Kier alpha value is -2.50. The highest BCUT2D eigenvalue weighted by atomic mass is 16.2. The van der Waals surface area contributed by atoms with Crippen LogP contribution in [0.3, 0.4) is 0 Å².